The van der Waals surface area contributed by atoms with E-state index in [0.717, 1.165) is 0 Å². The number of hydrogen-bond acceptors (Lipinski definition) is 4. The third kappa shape index (κ3) is 7.55. The Morgan fingerprint density at radius 1 is 0.833 bits per heavy atom. The van der Waals surface area contributed by atoms with Gasteiger partial charge in [0.25, 0.3) is 0 Å². The summed E-state index contributed by atoms with van der Waals surface area (Å²) in [5, 5.41) is 0. The SMILES string of the molecule is O=S(=O)([O-])c1ccc(OC(=C(C(F)C(F)(F)F)C(F)C(F)(F)F)C(F)(F)F)cc1.[Na+]. The molecule has 0 radical (unpaired) electrons. The molecule has 0 spiro atoms. The largest absolute Gasteiger partial charge is 1.00 e. The van der Waals surface area contributed by atoms with Crippen molar-refractivity contribution in [1.29, 1.82) is 0 Å². The van der Waals surface area contributed by atoms with E-state index in [0.29, 0.717) is 12.1 Å². The van der Waals surface area contributed by atoms with Crippen LogP contribution in [0.5, 0.6) is 5.75 Å². The fourth-order valence-corrected chi connectivity index (χ4v) is 2.25. The minimum atomic E-state index is -6.36. The number of allylic oxidation sites excluding steroid dienone is 2. The van der Waals surface area contributed by atoms with Crippen LogP contribution in [0.3, 0.4) is 0 Å². The zero-order valence-corrected chi connectivity index (χ0v) is 17.0. The molecule has 0 aromatic heterocycles. The van der Waals surface area contributed by atoms with Crippen LogP contribution in [0.2, 0.25) is 0 Å². The van der Waals surface area contributed by atoms with E-state index in [9.17, 15) is 61.3 Å². The molecule has 0 N–H and O–H groups in total. The topological polar surface area (TPSA) is 66.4 Å². The number of benzene rings is 1. The van der Waals surface area contributed by atoms with Crippen molar-refractivity contribution in [3.8, 4) is 5.75 Å². The van der Waals surface area contributed by atoms with Crippen LogP contribution in [-0.4, -0.2) is 43.8 Å². The molecule has 0 amide bonds. The van der Waals surface area contributed by atoms with Gasteiger partial charge in [-0.3, -0.25) is 0 Å². The second-order valence-electron chi connectivity index (χ2n) is 5.12. The van der Waals surface area contributed by atoms with Crippen molar-refractivity contribution < 1.29 is 95.6 Å². The number of ether oxygens (including phenoxy) is 1. The Labute approximate surface area is 182 Å². The fraction of sp³-hybridized carbons (Fsp3) is 0.385. The molecule has 0 bridgehead atoms. The third-order valence-corrected chi connectivity index (χ3v) is 3.82. The summed E-state index contributed by atoms with van der Waals surface area (Å²) in [5.41, 5.74) is -3.43. The van der Waals surface area contributed by atoms with Gasteiger partial charge >= 0.3 is 48.1 Å². The van der Waals surface area contributed by atoms with Crippen molar-refractivity contribution in [1.82, 2.24) is 0 Å². The average molecular weight is 490 g/mol. The standard InChI is InChI=1S/C13H7F11O4S.Na/c14-8(11(16,17)18)7(9(15)12(19,20)21)10(13(22,23)24)28-5-1-3-6(4-2-5)29(25,26)27;/h1-4,8-9H,(H,25,26,27);/q;+1/p-1. The van der Waals surface area contributed by atoms with Crippen LogP contribution in [0.25, 0.3) is 0 Å². The summed E-state index contributed by atoms with van der Waals surface area (Å²) in [6.45, 7) is 0. The first-order valence-electron chi connectivity index (χ1n) is 6.73. The maximum atomic E-state index is 13.4. The molecule has 17 heteroatoms. The van der Waals surface area contributed by atoms with Gasteiger partial charge in [-0.25, -0.2) is 17.2 Å². The van der Waals surface area contributed by atoms with Crippen molar-refractivity contribution in [2.45, 2.75) is 35.8 Å². The quantitative estimate of drug-likeness (QED) is 0.272. The van der Waals surface area contributed by atoms with Crippen molar-refractivity contribution >= 4 is 10.1 Å². The molecule has 166 valence electrons. The Kier molecular flexibility index (Phi) is 9.23. The summed E-state index contributed by atoms with van der Waals surface area (Å²) in [6, 6.07) is 1.10. The van der Waals surface area contributed by atoms with E-state index in [4.69, 9.17) is 0 Å². The molecule has 1 aromatic carbocycles. The number of halogens is 11. The minimum Gasteiger partial charge on any atom is -0.744 e. The molecule has 0 fully saturated rings. The molecule has 0 aliphatic carbocycles. The summed E-state index contributed by atoms with van der Waals surface area (Å²) in [7, 11) is -5.12. The van der Waals surface area contributed by atoms with Crippen LogP contribution >= 0.6 is 0 Å². The van der Waals surface area contributed by atoms with E-state index in [-0.39, 0.29) is 41.7 Å². The maximum Gasteiger partial charge on any atom is 1.00 e. The van der Waals surface area contributed by atoms with E-state index >= 15 is 0 Å². The van der Waals surface area contributed by atoms with Gasteiger partial charge in [-0.1, -0.05) is 0 Å². The number of alkyl halides is 11. The first-order valence-corrected chi connectivity index (χ1v) is 8.13. The molecular formula is C13H6F11NaO4S. The second kappa shape index (κ2) is 9.58. The van der Waals surface area contributed by atoms with Crippen LogP contribution < -0.4 is 34.3 Å². The average Bonchev–Trinajstić information content (AvgIpc) is 2.50. The van der Waals surface area contributed by atoms with Gasteiger partial charge in [-0.2, -0.15) is 39.5 Å². The number of rotatable bonds is 5. The van der Waals surface area contributed by atoms with Crippen LogP contribution in [0.1, 0.15) is 0 Å². The van der Waals surface area contributed by atoms with Gasteiger partial charge in [0.05, 0.1) is 10.5 Å². The summed E-state index contributed by atoms with van der Waals surface area (Å²) >= 11 is 0. The van der Waals surface area contributed by atoms with Gasteiger partial charge in [-0.15, -0.1) is 0 Å². The van der Waals surface area contributed by atoms with E-state index in [2.05, 4.69) is 4.74 Å². The molecular weight excluding hydrogens is 484 g/mol. The van der Waals surface area contributed by atoms with E-state index in [1.165, 1.54) is 0 Å². The molecule has 0 heterocycles. The van der Waals surface area contributed by atoms with Gasteiger partial charge in [0.15, 0.2) is 0 Å². The van der Waals surface area contributed by atoms with Crippen LogP contribution in [-0.2, 0) is 10.1 Å². The van der Waals surface area contributed by atoms with Gasteiger partial charge < -0.3 is 9.29 Å². The Bertz CT molecular complexity index is 835. The smallest absolute Gasteiger partial charge is 0.744 e. The Hall–Kier alpha value is -1.10. The summed E-state index contributed by atoms with van der Waals surface area (Å²) in [5.74, 6) is -4.55. The molecule has 4 nitrogen and oxygen atoms in total. The van der Waals surface area contributed by atoms with Gasteiger partial charge in [0, 0.05) is 0 Å². The molecule has 1 aromatic rings. The molecule has 2 atom stereocenters. The third-order valence-electron chi connectivity index (χ3n) is 2.97. The molecule has 0 saturated heterocycles. The predicted molar refractivity (Wildman–Crippen MR) is 70.0 cm³/mol. The van der Waals surface area contributed by atoms with E-state index in [1.807, 2.05) is 0 Å². The van der Waals surface area contributed by atoms with Crippen LogP contribution in [0, 0.1) is 0 Å². The summed E-state index contributed by atoms with van der Waals surface area (Å²) < 4.78 is 177. The minimum absolute atomic E-state index is 0. The zero-order valence-electron chi connectivity index (χ0n) is 14.2. The molecule has 0 aliphatic rings. The second-order valence-corrected chi connectivity index (χ2v) is 6.50. The molecule has 2 unspecified atom stereocenters. The number of hydrogen-bond donors (Lipinski definition) is 0. The Morgan fingerprint density at radius 2 is 1.20 bits per heavy atom. The normalized spacial score (nSPS) is 15.1. The van der Waals surface area contributed by atoms with Gasteiger partial charge in [-0.05, 0) is 24.3 Å². The first kappa shape index (κ1) is 28.9. The molecule has 0 saturated carbocycles. The Morgan fingerprint density at radius 3 is 1.47 bits per heavy atom. The van der Waals surface area contributed by atoms with E-state index in [1.54, 1.807) is 0 Å². The predicted octanol–water partition coefficient (Wildman–Crippen LogP) is 1.59. The summed E-state index contributed by atoms with van der Waals surface area (Å²) in [6.07, 6.45) is -29.0. The van der Waals surface area contributed by atoms with Crippen LogP contribution in [0.15, 0.2) is 40.5 Å². The van der Waals surface area contributed by atoms with Crippen molar-refractivity contribution in [2.75, 3.05) is 0 Å². The zero-order chi connectivity index (χ0) is 23.0. The molecule has 0 aliphatic heterocycles. The monoisotopic (exact) mass is 490 g/mol. The summed E-state index contributed by atoms with van der Waals surface area (Å²) in [4.78, 5) is -1.04. The van der Waals surface area contributed by atoms with Crippen molar-refractivity contribution in [3.05, 3.63) is 35.6 Å². The Balaban J connectivity index is 0.00000841. The van der Waals surface area contributed by atoms with Crippen molar-refractivity contribution in [2.24, 2.45) is 0 Å². The maximum absolute atomic E-state index is 13.4. The molecule has 30 heavy (non-hydrogen) atoms. The fourth-order valence-electron chi connectivity index (χ4n) is 1.78. The van der Waals surface area contributed by atoms with Crippen LogP contribution in [0.4, 0.5) is 48.3 Å². The first-order chi connectivity index (χ1) is 12.8. The van der Waals surface area contributed by atoms with Gasteiger partial charge in [0.2, 0.25) is 18.1 Å². The van der Waals surface area contributed by atoms with E-state index < -0.39 is 63.0 Å². The van der Waals surface area contributed by atoms with Crippen molar-refractivity contribution in [3.63, 3.8) is 0 Å². The molecule has 1 rings (SSSR count). The van der Waals surface area contributed by atoms with Gasteiger partial charge in [0.1, 0.15) is 15.9 Å².